The Hall–Kier alpha value is -1.02. The number of hydrogen-bond donors (Lipinski definition) is 1. The lowest BCUT2D eigenvalue weighted by atomic mass is 9.68. The maximum absolute atomic E-state index is 10.2. The van der Waals surface area contributed by atoms with Gasteiger partial charge in [0.25, 0.3) is 0 Å². The molecule has 0 aromatic heterocycles. The van der Waals surface area contributed by atoms with Gasteiger partial charge in [-0.15, -0.1) is 0 Å². The number of aryl methyl sites for hydroxylation is 1. The molecular weight excluding hydrogens is 282 g/mol. The lowest BCUT2D eigenvalue weighted by Gasteiger charge is -2.45. The molecule has 2 nitrogen and oxygen atoms in total. The van der Waals surface area contributed by atoms with Gasteiger partial charge >= 0.3 is 0 Å². The van der Waals surface area contributed by atoms with Gasteiger partial charge in [-0.3, -0.25) is 0 Å². The van der Waals surface area contributed by atoms with Gasteiger partial charge in [-0.05, 0) is 60.9 Å². The standard InChI is InChI=1S/C21H35NO/c1-5-7-8-9-13-22-14-12-21(4,17(3)16-22)19-11-10-18(6-2)20(23)15-19/h10-11,15,17,23H,5-9,12-14,16H2,1-4H3/t17-,21-/m0/s1. The summed E-state index contributed by atoms with van der Waals surface area (Å²) in [5.41, 5.74) is 2.55. The minimum atomic E-state index is 0.184. The van der Waals surface area contributed by atoms with E-state index in [2.05, 4.69) is 44.7 Å². The van der Waals surface area contributed by atoms with Gasteiger partial charge in [0.15, 0.2) is 0 Å². The van der Waals surface area contributed by atoms with Crippen molar-refractivity contribution >= 4 is 0 Å². The molecule has 1 saturated heterocycles. The third kappa shape index (κ3) is 4.29. The van der Waals surface area contributed by atoms with Crippen LogP contribution in [0.4, 0.5) is 0 Å². The van der Waals surface area contributed by atoms with E-state index < -0.39 is 0 Å². The summed E-state index contributed by atoms with van der Waals surface area (Å²) >= 11 is 0. The second-order valence-electron chi connectivity index (χ2n) is 7.63. The van der Waals surface area contributed by atoms with Crippen molar-refractivity contribution in [3.05, 3.63) is 29.3 Å². The molecule has 1 aliphatic heterocycles. The van der Waals surface area contributed by atoms with Gasteiger partial charge in [-0.25, -0.2) is 0 Å². The lowest BCUT2D eigenvalue weighted by Crippen LogP contribution is -2.47. The van der Waals surface area contributed by atoms with Crippen LogP contribution in [-0.4, -0.2) is 29.6 Å². The van der Waals surface area contributed by atoms with E-state index in [1.165, 1.54) is 57.3 Å². The van der Waals surface area contributed by atoms with Crippen molar-refractivity contribution in [1.82, 2.24) is 4.90 Å². The van der Waals surface area contributed by atoms with Crippen LogP contribution in [-0.2, 0) is 11.8 Å². The molecular formula is C21H35NO. The van der Waals surface area contributed by atoms with Crippen molar-refractivity contribution in [2.75, 3.05) is 19.6 Å². The molecule has 0 saturated carbocycles. The monoisotopic (exact) mass is 317 g/mol. The Bertz CT molecular complexity index is 499. The summed E-state index contributed by atoms with van der Waals surface area (Å²) in [5.74, 6) is 1.09. The number of likely N-dealkylation sites (tertiary alicyclic amines) is 1. The largest absolute Gasteiger partial charge is 0.508 e. The summed E-state index contributed by atoms with van der Waals surface area (Å²) in [6.45, 7) is 12.7. The number of aromatic hydroxyl groups is 1. The van der Waals surface area contributed by atoms with Crippen LogP contribution in [0.5, 0.6) is 5.75 Å². The molecule has 1 N–H and O–H groups in total. The molecule has 1 aromatic rings. The van der Waals surface area contributed by atoms with Crippen LogP contribution in [0.1, 0.15) is 70.9 Å². The Balaban J connectivity index is 1.99. The van der Waals surface area contributed by atoms with E-state index in [1.54, 1.807) is 0 Å². The Morgan fingerprint density at radius 2 is 2.00 bits per heavy atom. The topological polar surface area (TPSA) is 23.5 Å². The lowest BCUT2D eigenvalue weighted by molar-refractivity contribution is 0.109. The number of benzene rings is 1. The quantitative estimate of drug-likeness (QED) is 0.704. The van der Waals surface area contributed by atoms with E-state index in [9.17, 15) is 5.11 Å². The van der Waals surface area contributed by atoms with Gasteiger partial charge in [0.05, 0.1) is 0 Å². The van der Waals surface area contributed by atoms with E-state index in [1.807, 2.05) is 6.07 Å². The molecule has 0 bridgehead atoms. The molecule has 0 spiro atoms. The molecule has 0 radical (unpaired) electrons. The Kier molecular flexibility index (Phi) is 6.52. The van der Waals surface area contributed by atoms with Gasteiger partial charge in [0, 0.05) is 6.54 Å². The highest BCUT2D eigenvalue weighted by molar-refractivity contribution is 5.40. The zero-order chi connectivity index (χ0) is 16.9. The fraction of sp³-hybridized carbons (Fsp3) is 0.714. The summed E-state index contributed by atoms with van der Waals surface area (Å²) in [4.78, 5) is 2.64. The zero-order valence-corrected chi connectivity index (χ0v) is 15.6. The van der Waals surface area contributed by atoms with Crippen LogP contribution in [0.15, 0.2) is 18.2 Å². The first kappa shape index (κ1) is 18.3. The average molecular weight is 318 g/mol. The molecule has 1 fully saturated rings. The number of phenols is 1. The van der Waals surface area contributed by atoms with Crippen molar-refractivity contribution in [3.8, 4) is 5.75 Å². The van der Waals surface area contributed by atoms with Crippen LogP contribution in [0.25, 0.3) is 0 Å². The molecule has 1 aromatic carbocycles. The number of unbranched alkanes of at least 4 members (excludes halogenated alkanes) is 3. The van der Waals surface area contributed by atoms with Crippen LogP contribution in [0.2, 0.25) is 0 Å². The third-order valence-electron chi connectivity index (χ3n) is 6.02. The van der Waals surface area contributed by atoms with Crippen LogP contribution >= 0.6 is 0 Å². The van der Waals surface area contributed by atoms with Gasteiger partial charge in [0.2, 0.25) is 0 Å². The molecule has 0 aliphatic carbocycles. The van der Waals surface area contributed by atoms with Crippen molar-refractivity contribution in [2.24, 2.45) is 5.92 Å². The highest BCUT2D eigenvalue weighted by atomic mass is 16.3. The summed E-state index contributed by atoms with van der Waals surface area (Å²) in [5, 5.41) is 10.2. The Labute approximate surface area is 142 Å². The van der Waals surface area contributed by atoms with Gasteiger partial charge in [-0.2, -0.15) is 0 Å². The van der Waals surface area contributed by atoms with Crippen LogP contribution < -0.4 is 0 Å². The van der Waals surface area contributed by atoms with Crippen molar-refractivity contribution in [1.29, 1.82) is 0 Å². The Morgan fingerprint density at radius 1 is 1.22 bits per heavy atom. The summed E-state index contributed by atoms with van der Waals surface area (Å²) in [6.07, 6.45) is 7.46. The average Bonchev–Trinajstić information content (AvgIpc) is 2.55. The normalized spacial score (nSPS) is 25.7. The highest BCUT2D eigenvalue weighted by Crippen LogP contribution is 2.40. The molecule has 23 heavy (non-hydrogen) atoms. The van der Waals surface area contributed by atoms with Crippen molar-refractivity contribution in [2.45, 2.75) is 71.6 Å². The SMILES string of the molecule is CCCCCCN1CC[C@](C)(c2ccc(CC)c(O)c2)[C@@H](C)C1. The molecule has 130 valence electrons. The molecule has 0 unspecified atom stereocenters. The number of hydrogen-bond acceptors (Lipinski definition) is 2. The van der Waals surface area contributed by atoms with Gasteiger partial charge in [0.1, 0.15) is 5.75 Å². The first-order valence-electron chi connectivity index (χ1n) is 9.56. The Morgan fingerprint density at radius 3 is 2.61 bits per heavy atom. The van der Waals surface area contributed by atoms with E-state index >= 15 is 0 Å². The fourth-order valence-corrected chi connectivity index (χ4v) is 3.93. The van der Waals surface area contributed by atoms with E-state index in [0.717, 1.165) is 12.0 Å². The molecule has 2 atom stereocenters. The van der Waals surface area contributed by atoms with Crippen molar-refractivity contribution < 1.29 is 5.11 Å². The zero-order valence-electron chi connectivity index (χ0n) is 15.6. The molecule has 1 heterocycles. The second kappa shape index (κ2) is 8.19. The second-order valence-corrected chi connectivity index (χ2v) is 7.63. The minimum Gasteiger partial charge on any atom is -0.508 e. The summed E-state index contributed by atoms with van der Waals surface area (Å²) in [7, 11) is 0. The summed E-state index contributed by atoms with van der Waals surface area (Å²) < 4.78 is 0. The fourth-order valence-electron chi connectivity index (χ4n) is 3.93. The van der Waals surface area contributed by atoms with E-state index in [0.29, 0.717) is 11.7 Å². The predicted molar refractivity (Wildman–Crippen MR) is 99.2 cm³/mol. The summed E-state index contributed by atoms with van der Waals surface area (Å²) in [6, 6.07) is 6.37. The van der Waals surface area contributed by atoms with Crippen molar-refractivity contribution in [3.63, 3.8) is 0 Å². The number of piperidine rings is 1. The smallest absolute Gasteiger partial charge is 0.119 e. The third-order valence-corrected chi connectivity index (χ3v) is 6.02. The number of phenolic OH excluding ortho intramolecular Hbond substituents is 1. The first-order valence-corrected chi connectivity index (χ1v) is 9.56. The van der Waals surface area contributed by atoms with Crippen LogP contribution in [0.3, 0.4) is 0 Å². The van der Waals surface area contributed by atoms with Gasteiger partial charge < -0.3 is 10.0 Å². The highest BCUT2D eigenvalue weighted by Gasteiger charge is 2.38. The maximum Gasteiger partial charge on any atom is 0.119 e. The predicted octanol–water partition coefficient (Wildman–Crippen LogP) is 5.13. The molecule has 0 amide bonds. The number of rotatable bonds is 7. The number of nitrogens with zero attached hydrogens (tertiary/aromatic N) is 1. The molecule has 2 heteroatoms. The maximum atomic E-state index is 10.2. The van der Waals surface area contributed by atoms with Crippen LogP contribution in [0, 0.1) is 5.92 Å². The first-order chi connectivity index (χ1) is 11.0. The van der Waals surface area contributed by atoms with E-state index in [4.69, 9.17) is 0 Å². The molecule has 1 aliphatic rings. The minimum absolute atomic E-state index is 0.184. The van der Waals surface area contributed by atoms with Gasteiger partial charge in [-0.1, -0.05) is 59.1 Å². The molecule has 2 rings (SSSR count). The van der Waals surface area contributed by atoms with E-state index in [-0.39, 0.29) is 5.41 Å².